The van der Waals surface area contributed by atoms with E-state index in [9.17, 15) is 4.39 Å². The van der Waals surface area contributed by atoms with Gasteiger partial charge in [0, 0.05) is 12.6 Å². The van der Waals surface area contributed by atoms with Crippen molar-refractivity contribution in [1.82, 2.24) is 9.78 Å². The van der Waals surface area contributed by atoms with Gasteiger partial charge in [-0.1, -0.05) is 39.8 Å². The van der Waals surface area contributed by atoms with Gasteiger partial charge in [-0.25, -0.2) is 4.39 Å². The minimum atomic E-state index is -0.245. The van der Waals surface area contributed by atoms with Gasteiger partial charge in [-0.3, -0.25) is 4.68 Å². The van der Waals surface area contributed by atoms with E-state index in [4.69, 9.17) is 5.73 Å². The second-order valence-corrected chi connectivity index (χ2v) is 6.81. The number of halogens is 1. The van der Waals surface area contributed by atoms with Crippen molar-refractivity contribution in [2.45, 2.75) is 34.1 Å². The molecule has 0 aliphatic carbocycles. The maximum Gasteiger partial charge on any atom is 0.129 e. The van der Waals surface area contributed by atoms with E-state index in [-0.39, 0.29) is 11.2 Å². The summed E-state index contributed by atoms with van der Waals surface area (Å²) in [5.41, 5.74) is 9.18. The lowest BCUT2D eigenvalue weighted by molar-refractivity contribution is 0.258. The first kappa shape index (κ1) is 15.5. The molecule has 2 N–H and O–H groups in total. The molecular formula is C17H24FN3. The Morgan fingerprint density at radius 3 is 2.33 bits per heavy atom. The molecule has 0 bridgehead atoms. The van der Waals surface area contributed by atoms with Crippen LogP contribution in [0.25, 0.3) is 11.1 Å². The Hall–Kier alpha value is -1.84. The van der Waals surface area contributed by atoms with Gasteiger partial charge >= 0.3 is 0 Å². The predicted molar refractivity (Wildman–Crippen MR) is 85.3 cm³/mol. The lowest BCUT2D eigenvalue weighted by atomic mass is 9.79. The van der Waals surface area contributed by atoms with Crippen LogP contribution < -0.4 is 5.73 Å². The molecule has 1 unspecified atom stereocenters. The van der Waals surface area contributed by atoms with Gasteiger partial charge in [-0.2, -0.15) is 5.10 Å². The molecule has 1 aromatic heterocycles. The molecule has 2 aromatic rings. The van der Waals surface area contributed by atoms with Crippen LogP contribution >= 0.6 is 0 Å². The lowest BCUT2D eigenvalue weighted by Crippen LogP contribution is -2.20. The molecule has 0 fully saturated rings. The van der Waals surface area contributed by atoms with E-state index in [0.29, 0.717) is 11.7 Å². The summed E-state index contributed by atoms with van der Waals surface area (Å²) in [6, 6.07) is 6.43. The molecule has 0 aliphatic heterocycles. The summed E-state index contributed by atoms with van der Waals surface area (Å²) in [6.07, 6.45) is 0.848. The molecule has 21 heavy (non-hydrogen) atoms. The number of nitrogens with two attached hydrogens (primary N) is 1. The van der Waals surface area contributed by atoms with Crippen molar-refractivity contribution >= 4 is 5.82 Å². The van der Waals surface area contributed by atoms with Crippen molar-refractivity contribution < 1.29 is 4.39 Å². The van der Waals surface area contributed by atoms with Crippen molar-refractivity contribution in [1.29, 1.82) is 0 Å². The van der Waals surface area contributed by atoms with E-state index in [1.54, 1.807) is 16.8 Å². The molecule has 3 nitrogen and oxygen atoms in total. The van der Waals surface area contributed by atoms with Crippen LogP contribution in [0.15, 0.2) is 24.3 Å². The molecule has 0 radical (unpaired) electrons. The quantitative estimate of drug-likeness (QED) is 0.927. The summed E-state index contributed by atoms with van der Waals surface area (Å²) in [5, 5.41) is 4.56. The third-order valence-corrected chi connectivity index (χ3v) is 4.27. The van der Waals surface area contributed by atoms with Gasteiger partial charge in [0.15, 0.2) is 0 Å². The normalized spacial score (nSPS) is 13.4. The SMILES string of the molecule is CC(Cc1nn(C)c(N)c1-c1ccc(F)cc1)C(C)(C)C. The van der Waals surface area contributed by atoms with Crippen molar-refractivity contribution in [2.24, 2.45) is 18.4 Å². The Morgan fingerprint density at radius 2 is 1.81 bits per heavy atom. The summed E-state index contributed by atoms with van der Waals surface area (Å²) in [7, 11) is 1.84. The van der Waals surface area contributed by atoms with Gasteiger partial charge in [-0.05, 0) is 35.4 Å². The van der Waals surface area contributed by atoms with Gasteiger partial charge in [-0.15, -0.1) is 0 Å². The molecule has 1 atom stereocenters. The fourth-order valence-electron chi connectivity index (χ4n) is 2.26. The average molecular weight is 289 g/mol. The number of rotatable bonds is 3. The van der Waals surface area contributed by atoms with Crippen LogP contribution in [0.3, 0.4) is 0 Å². The minimum Gasteiger partial charge on any atom is -0.383 e. The summed E-state index contributed by atoms with van der Waals surface area (Å²) < 4.78 is 14.8. The third-order valence-electron chi connectivity index (χ3n) is 4.27. The van der Waals surface area contributed by atoms with Crippen LogP contribution in [-0.4, -0.2) is 9.78 Å². The van der Waals surface area contributed by atoms with Crippen LogP contribution in [0.5, 0.6) is 0 Å². The first-order valence-electron chi connectivity index (χ1n) is 7.27. The highest BCUT2D eigenvalue weighted by atomic mass is 19.1. The second-order valence-electron chi connectivity index (χ2n) is 6.81. The number of benzene rings is 1. The van der Waals surface area contributed by atoms with Gasteiger partial charge in [0.1, 0.15) is 11.6 Å². The smallest absolute Gasteiger partial charge is 0.129 e. The van der Waals surface area contributed by atoms with Crippen molar-refractivity contribution in [3.8, 4) is 11.1 Å². The maximum atomic E-state index is 13.1. The number of anilines is 1. The number of hydrogen-bond donors (Lipinski definition) is 1. The fraction of sp³-hybridized carbons (Fsp3) is 0.471. The van der Waals surface area contributed by atoms with E-state index in [2.05, 4.69) is 32.8 Å². The molecule has 1 aromatic carbocycles. The summed E-state index contributed by atoms with van der Waals surface area (Å²) in [5.74, 6) is 0.842. The number of hydrogen-bond acceptors (Lipinski definition) is 2. The number of nitrogens with zero attached hydrogens (tertiary/aromatic N) is 2. The molecule has 2 rings (SSSR count). The van der Waals surface area contributed by atoms with Crippen molar-refractivity contribution in [3.05, 3.63) is 35.8 Å². The first-order chi connectivity index (χ1) is 9.70. The van der Waals surface area contributed by atoms with E-state index >= 15 is 0 Å². The molecule has 0 saturated carbocycles. The van der Waals surface area contributed by atoms with E-state index in [0.717, 1.165) is 23.2 Å². The molecule has 1 heterocycles. The van der Waals surface area contributed by atoms with Crippen LogP contribution in [0, 0.1) is 17.2 Å². The van der Waals surface area contributed by atoms with Gasteiger partial charge < -0.3 is 5.73 Å². The van der Waals surface area contributed by atoms with Gasteiger partial charge in [0.25, 0.3) is 0 Å². The minimum absolute atomic E-state index is 0.201. The molecule has 4 heteroatoms. The van der Waals surface area contributed by atoms with Crippen molar-refractivity contribution in [2.75, 3.05) is 5.73 Å². The largest absolute Gasteiger partial charge is 0.383 e. The maximum absolute atomic E-state index is 13.1. The van der Waals surface area contributed by atoms with Crippen LogP contribution in [0.4, 0.5) is 10.2 Å². The highest BCUT2D eigenvalue weighted by Crippen LogP contribution is 2.34. The van der Waals surface area contributed by atoms with Crippen LogP contribution in [0.1, 0.15) is 33.4 Å². The van der Waals surface area contributed by atoms with E-state index in [1.165, 1.54) is 12.1 Å². The monoisotopic (exact) mass is 289 g/mol. The summed E-state index contributed by atoms with van der Waals surface area (Å²) in [4.78, 5) is 0. The molecule has 0 amide bonds. The predicted octanol–water partition coefficient (Wildman–Crippen LogP) is 4.03. The molecule has 0 saturated heterocycles. The molecule has 114 valence electrons. The zero-order valence-corrected chi connectivity index (χ0v) is 13.4. The summed E-state index contributed by atoms with van der Waals surface area (Å²) in [6.45, 7) is 8.89. The highest BCUT2D eigenvalue weighted by Gasteiger charge is 2.24. The highest BCUT2D eigenvalue weighted by molar-refractivity contribution is 5.76. The number of aromatic nitrogens is 2. The molecule has 0 spiro atoms. The topological polar surface area (TPSA) is 43.8 Å². The lowest BCUT2D eigenvalue weighted by Gasteiger charge is -2.26. The Bertz CT molecular complexity index is 621. The second kappa shape index (κ2) is 5.51. The standard InChI is InChI=1S/C17H24FN3/c1-11(17(2,3)4)10-14-15(16(19)21(5)20-14)12-6-8-13(18)9-7-12/h6-9,11H,10,19H2,1-5H3. The molecular weight excluding hydrogens is 265 g/mol. The summed E-state index contributed by atoms with van der Waals surface area (Å²) >= 11 is 0. The molecule has 0 aliphatic rings. The Kier molecular flexibility index (Phi) is 4.08. The zero-order valence-electron chi connectivity index (χ0n) is 13.4. The van der Waals surface area contributed by atoms with Gasteiger partial charge in [0.05, 0.1) is 5.69 Å². The number of nitrogen functional groups attached to an aromatic ring is 1. The Labute approximate surface area is 126 Å². The average Bonchev–Trinajstić information content (AvgIpc) is 2.65. The fourth-order valence-corrected chi connectivity index (χ4v) is 2.26. The Morgan fingerprint density at radius 1 is 1.24 bits per heavy atom. The Balaban J connectivity index is 2.44. The van der Waals surface area contributed by atoms with Gasteiger partial charge in [0.2, 0.25) is 0 Å². The van der Waals surface area contributed by atoms with Crippen molar-refractivity contribution in [3.63, 3.8) is 0 Å². The third kappa shape index (κ3) is 3.26. The zero-order chi connectivity index (χ0) is 15.8. The van der Waals surface area contributed by atoms with E-state index in [1.807, 2.05) is 7.05 Å². The van der Waals surface area contributed by atoms with Crippen LogP contribution in [-0.2, 0) is 13.5 Å². The van der Waals surface area contributed by atoms with Crippen LogP contribution in [0.2, 0.25) is 0 Å². The van der Waals surface area contributed by atoms with E-state index < -0.39 is 0 Å². The first-order valence-corrected chi connectivity index (χ1v) is 7.27. The number of aryl methyl sites for hydroxylation is 1.